The van der Waals surface area contributed by atoms with Crippen LogP contribution in [0.2, 0.25) is 0 Å². The Morgan fingerprint density at radius 2 is 1.42 bits per heavy atom. The molecule has 5 heteroatoms. The second kappa shape index (κ2) is 13.3. The minimum atomic E-state index is -1.15. The molecule has 3 rings (SSSR count). The molecule has 0 saturated heterocycles. The fraction of sp³-hybridized carbons (Fsp3) is 0.750. The average molecular weight is 465 g/mol. The number of hydrogen-bond acceptors (Lipinski definition) is 3. The monoisotopic (exact) mass is 464 g/mol. The smallest absolute Gasteiger partial charge is 0.314 e. The van der Waals surface area contributed by atoms with E-state index in [4.69, 9.17) is 9.47 Å². The Morgan fingerprint density at radius 1 is 0.818 bits per heavy atom. The number of esters is 1. The summed E-state index contributed by atoms with van der Waals surface area (Å²) in [4.78, 5) is 12.6. The lowest BCUT2D eigenvalue weighted by atomic mass is 9.69. The van der Waals surface area contributed by atoms with Crippen LogP contribution in [0.3, 0.4) is 0 Å². The molecule has 0 spiro atoms. The van der Waals surface area contributed by atoms with E-state index in [2.05, 4.69) is 13.8 Å². The predicted molar refractivity (Wildman–Crippen MR) is 127 cm³/mol. The molecule has 33 heavy (non-hydrogen) atoms. The lowest BCUT2D eigenvalue weighted by Gasteiger charge is -2.37. The molecule has 0 N–H and O–H groups in total. The first-order chi connectivity index (χ1) is 16.0. The van der Waals surface area contributed by atoms with E-state index >= 15 is 0 Å². The zero-order chi connectivity index (χ0) is 23.6. The van der Waals surface area contributed by atoms with Crippen LogP contribution in [0.4, 0.5) is 8.78 Å². The fourth-order valence-corrected chi connectivity index (χ4v) is 5.79. The van der Waals surface area contributed by atoms with Crippen LogP contribution in [0.25, 0.3) is 0 Å². The van der Waals surface area contributed by atoms with Gasteiger partial charge in [-0.3, -0.25) is 4.79 Å². The number of unbranched alkanes of at least 4 members (excludes halogenated alkanes) is 3. The van der Waals surface area contributed by atoms with Crippen LogP contribution in [0.1, 0.15) is 104 Å². The van der Waals surface area contributed by atoms with E-state index in [9.17, 15) is 13.6 Å². The van der Waals surface area contributed by atoms with Gasteiger partial charge in [0.25, 0.3) is 0 Å². The summed E-state index contributed by atoms with van der Waals surface area (Å²) >= 11 is 0. The first-order valence-electron chi connectivity index (χ1n) is 13.4. The van der Waals surface area contributed by atoms with Gasteiger partial charge in [0.15, 0.2) is 11.5 Å². The van der Waals surface area contributed by atoms with Gasteiger partial charge < -0.3 is 9.47 Å². The molecule has 0 bridgehead atoms. The number of hydrogen-bond donors (Lipinski definition) is 0. The van der Waals surface area contributed by atoms with Gasteiger partial charge >= 0.3 is 5.97 Å². The number of halogens is 2. The first-order valence-corrected chi connectivity index (χ1v) is 13.4. The molecule has 0 aliphatic heterocycles. The fourth-order valence-electron chi connectivity index (χ4n) is 5.79. The van der Waals surface area contributed by atoms with E-state index in [1.165, 1.54) is 50.7 Å². The van der Waals surface area contributed by atoms with Gasteiger partial charge in [0.05, 0.1) is 12.5 Å². The summed E-state index contributed by atoms with van der Waals surface area (Å²) in [6, 6.07) is 2.66. The number of rotatable bonds is 11. The van der Waals surface area contributed by atoms with Crippen LogP contribution in [0, 0.1) is 35.3 Å². The van der Waals surface area contributed by atoms with Gasteiger partial charge in [0, 0.05) is 0 Å². The molecule has 0 radical (unpaired) electrons. The number of carbonyl (C=O) groups excluding carboxylic acids is 1. The summed E-state index contributed by atoms with van der Waals surface area (Å²) in [5, 5.41) is 0. The predicted octanol–water partition coefficient (Wildman–Crippen LogP) is 8.24. The van der Waals surface area contributed by atoms with Crippen LogP contribution in [-0.4, -0.2) is 12.6 Å². The largest absolute Gasteiger partial charge is 0.490 e. The molecule has 0 unspecified atom stereocenters. The van der Waals surface area contributed by atoms with Crippen LogP contribution in [0.15, 0.2) is 12.1 Å². The Morgan fingerprint density at radius 3 is 2.06 bits per heavy atom. The molecule has 2 fully saturated rings. The van der Waals surface area contributed by atoms with E-state index in [0.29, 0.717) is 12.5 Å². The number of carbonyl (C=O) groups is 1. The molecular weight excluding hydrogens is 422 g/mol. The molecule has 2 aliphatic carbocycles. The molecule has 1 aromatic rings. The second-order valence-electron chi connectivity index (χ2n) is 10.2. The summed E-state index contributed by atoms with van der Waals surface area (Å²) in [6.45, 7) is 4.73. The van der Waals surface area contributed by atoms with Gasteiger partial charge in [-0.15, -0.1) is 0 Å². The highest BCUT2D eigenvalue weighted by Crippen LogP contribution is 2.42. The normalized spacial score (nSPS) is 25.6. The molecule has 0 amide bonds. The minimum absolute atomic E-state index is 0.127. The van der Waals surface area contributed by atoms with E-state index in [0.717, 1.165) is 63.2 Å². The SMILES string of the molecule is CCCCCCOc1ccc(OC(=O)C2CCC(C3CCC(CCC)CC3)CC2)c(F)c1F. The Labute approximate surface area is 198 Å². The van der Waals surface area contributed by atoms with E-state index in [1.54, 1.807) is 0 Å². The average Bonchev–Trinajstić information content (AvgIpc) is 2.84. The van der Waals surface area contributed by atoms with Gasteiger partial charge in [-0.05, 0) is 74.8 Å². The van der Waals surface area contributed by atoms with Crippen molar-refractivity contribution >= 4 is 5.97 Å². The highest BCUT2D eigenvalue weighted by molar-refractivity contribution is 5.75. The summed E-state index contributed by atoms with van der Waals surface area (Å²) in [5.74, 6) is -0.974. The first kappa shape index (κ1) is 26.0. The van der Waals surface area contributed by atoms with Gasteiger partial charge in [-0.1, -0.05) is 58.8 Å². The Bertz CT molecular complexity index is 735. The maximum absolute atomic E-state index is 14.5. The summed E-state index contributed by atoms with van der Waals surface area (Å²) < 4.78 is 39.5. The highest BCUT2D eigenvalue weighted by atomic mass is 19.2. The lowest BCUT2D eigenvalue weighted by Crippen LogP contribution is -2.30. The molecule has 0 heterocycles. The van der Waals surface area contributed by atoms with Crippen molar-refractivity contribution in [3.63, 3.8) is 0 Å². The van der Waals surface area contributed by atoms with Crippen molar-refractivity contribution in [3.05, 3.63) is 23.8 Å². The molecule has 3 nitrogen and oxygen atoms in total. The Balaban J connectivity index is 1.44. The van der Waals surface area contributed by atoms with Crippen molar-refractivity contribution in [1.82, 2.24) is 0 Å². The third-order valence-corrected chi connectivity index (χ3v) is 7.84. The van der Waals surface area contributed by atoms with Crippen LogP contribution in [-0.2, 0) is 4.79 Å². The highest BCUT2D eigenvalue weighted by Gasteiger charge is 2.34. The van der Waals surface area contributed by atoms with Crippen LogP contribution < -0.4 is 9.47 Å². The topological polar surface area (TPSA) is 35.5 Å². The molecule has 186 valence electrons. The third-order valence-electron chi connectivity index (χ3n) is 7.84. The van der Waals surface area contributed by atoms with Gasteiger partial charge in [-0.25, -0.2) is 0 Å². The Hall–Kier alpha value is -1.65. The van der Waals surface area contributed by atoms with Crippen molar-refractivity contribution in [3.8, 4) is 11.5 Å². The molecular formula is C28H42F2O3. The van der Waals surface area contributed by atoms with Gasteiger partial charge in [0.1, 0.15) is 0 Å². The second-order valence-corrected chi connectivity index (χ2v) is 10.2. The molecule has 2 saturated carbocycles. The van der Waals surface area contributed by atoms with E-state index in [-0.39, 0.29) is 17.4 Å². The van der Waals surface area contributed by atoms with E-state index < -0.39 is 17.6 Å². The van der Waals surface area contributed by atoms with Crippen molar-refractivity contribution in [2.75, 3.05) is 6.61 Å². The zero-order valence-electron chi connectivity index (χ0n) is 20.6. The maximum atomic E-state index is 14.5. The lowest BCUT2D eigenvalue weighted by molar-refractivity contribution is -0.140. The molecule has 0 aromatic heterocycles. The van der Waals surface area contributed by atoms with Crippen LogP contribution in [0.5, 0.6) is 11.5 Å². The van der Waals surface area contributed by atoms with Crippen molar-refractivity contribution in [2.24, 2.45) is 23.7 Å². The summed E-state index contributed by atoms with van der Waals surface area (Å²) in [5.41, 5.74) is 0. The quantitative estimate of drug-likeness (QED) is 0.188. The summed E-state index contributed by atoms with van der Waals surface area (Å²) in [6.07, 6.45) is 15.6. The van der Waals surface area contributed by atoms with Crippen LogP contribution >= 0.6 is 0 Å². The summed E-state index contributed by atoms with van der Waals surface area (Å²) in [7, 11) is 0. The standard InChI is InChI=1S/C28H42F2O3/c1-3-5-6-7-19-32-24-17-18-25(27(30)26(24)29)33-28(31)23-15-13-22(14-16-23)21-11-9-20(8-4-2)10-12-21/h17-18,20-23H,3-16,19H2,1-2H3. The minimum Gasteiger partial charge on any atom is -0.490 e. The Kier molecular flexibility index (Phi) is 10.5. The van der Waals surface area contributed by atoms with Crippen molar-refractivity contribution in [2.45, 2.75) is 104 Å². The maximum Gasteiger partial charge on any atom is 0.314 e. The van der Waals surface area contributed by atoms with Crippen molar-refractivity contribution < 1.29 is 23.0 Å². The van der Waals surface area contributed by atoms with Crippen molar-refractivity contribution in [1.29, 1.82) is 0 Å². The molecule has 1 aromatic carbocycles. The van der Waals surface area contributed by atoms with E-state index in [1.807, 2.05) is 0 Å². The molecule has 2 aliphatic rings. The number of benzene rings is 1. The third kappa shape index (κ3) is 7.42. The van der Waals surface area contributed by atoms with Gasteiger partial charge in [0.2, 0.25) is 11.6 Å². The van der Waals surface area contributed by atoms with Gasteiger partial charge in [-0.2, -0.15) is 8.78 Å². The number of ether oxygens (including phenoxy) is 2. The zero-order valence-corrected chi connectivity index (χ0v) is 20.6. The molecule has 0 atom stereocenters.